The molecule has 5 rings (SSSR count). The highest BCUT2D eigenvalue weighted by atomic mass is 16.5. The standard InChI is InChI=1S/C35H51N3O4/c1-9-20-41-29(40)35-18-16-30(2,3)21-24(35)23-10-11-26-32(6)14-13-27(42-28(39)22-37-38-36)31(4,5)25(32)12-15-34(26,8)33(23,7)17-19-35/h1,10,24-27H,11-22H2,2-8H3/t24-,25-,26+,27-,32-,33+,34+,35-/m0/s1. The zero-order chi connectivity index (χ0) is 30.8. The molecule has 0 amide bonds. The lowest BCUT2D eigenvalue weighted by Gasteiger charge is -2.71. The van der Waals surface area contributed by atoms with Crippen molar-refractivity contribution in [2.45, 2.75) is 119 Å². The van der Waals surface area contributed by atoms with Gasteiger partial charge in [-0.15, -0.1) is 6.42 Å². The molecule has 8 atom stereocenters. The zero-order valence-corrected chi connectivity index (χ0v) is 26.9. The second-order valence-corrected chi connectivity index (χ2v) is 16.4. The number of carbonyl (C=O) groups is 2. The van der Waals surface area contributed by atoms with Crippen LogP contribution in [0, 0.1) is 62.6 Å². The van der Waals surface area contributed by atoms with Gasteiger partial charge < -0.3 is 9.47 Å². The molecule has 0 aromatic heterocycles. The number of esters is 2. The van der Waals surface area contributed by atoms with Crippen LogP contribution in [-0.2, 0) is 19.1 Å². The van der Waals surface area contributed by atoms with Crippen LogP contribution >= 0.6 is 0 Å². The first-order valence-corrected chi connectivity index (χ1v) is 16.1. The van der Waals surface area contributed by atoms with E-state index in [0.29, 0.717) is 11.8 Å². The fraction of sp³-hybridized carbons (Fsp3) is 0.829. The summed E-state index contributed by atoms with van der Waals surface area (Å²) in [7, 11) is 0. The molecule has 0 N–H and O–H groups in total. The SMILES string of the molecule is C#CCOC(=O)[C@]12CCC(C)(C)C[C@H]1C1=CC[C@@H]3[C@@]4(C)CC[C@H](OC(=O)CN=[N+]=[N-])C(C)(C)[C@@H]4CC[C@@]3(C)[C@]1(C)CC2. The van der Waals surface area contributed by atoms with E-state index in [4.69, 9.17) is 21.4 Å². The van der Waals surface area contributed by atoms with Crippen LogP contribution in [0.1, 0.15) is 113 Å². The molecule has 0 spiro atoms. The first-order chi connectivity index (χ1) is 19.6. The summed E-state index contributed by atoms with van der Waals surface area (Å²) in [6.45, 7) is 16.6. The van der Waals surface area contributed by atoms with Crippen molar-refractivity contribution < 1.29 is 19.1 Å². The van der Waals surface area contributed by atoms with Gasteiger partial charge in [-0.25, -0.2) is 0 Å². The number of azide groups is 1. The molecular formula is C35H51N3O4. The van der Waals surface area contributed by atoms with Gasteiger partial charge in [0.15, 0.2) is 6.61 Å². The lowest BCUT2D eigenvalue weighted by Crippen LogP contribution is -2.65. The third kappa shape index (κ3) is 4.42. The average molecular weight is 578 g/mol. The van der Waals surface area contributed by atoms with Gasteiger partial charge in [0.25, 0.3) is 0 Å². The van der Waals surface area contributed by atoms with Crippen LogP contribution in [0.5, 0.6) is 0 Å². The van der Waals surface area contributed by atoms with Gasteiger partial charge in [0.1, 0.15) is 12.6 Å². The molecule has 4 fully saturated rings. The smallest absolute Gasteiger partial charge is 0.313 e. The van der Waals surface area contributed by atoms with Crippen LogP contribution in [0.4, 0.5) is 0 Å². The van der Waals surface area contributed by atoms with Crippen molar-refractivity contribution in [1.29, 1.82) is 0 Å². The lowest BCUT2D eigenvalue weighted by atomic mass is 9.33. The molecule has 0 aliphatic heterocycles. The van der Waals surface area contributed by atoms with Crippen molar-refractivity contribution in [2.24, 2.45) is 55.4 Å². The van der Waals surface area contributed by atoms with E-state index in [-0.39, 0.29) is 58.2 Å². The Hall–Kier alpha value is -2.45. The van der Waals surface area contributed by atoms with Crippen LogP contribution < -0.4 is 0 Å². The van der Waals surface area contributed by atoms with E-state index in [1.165, 1.54) is 5.57 Å². The molecule has 0 radical (unpaired) electrons. The molecule has 5 aliphatic carbocycles. The topological polar surface area (TPSA) is 101 Å². The molecule has 0 unspecified atom stereocenters. The van der Waals surface area contributed by atoms with E-state index >= 15 is 0 Å². The molecule has 4 saturated carbocycles. The van der Waals surface area contributed by atoms with Crippen molar-refractivity contribution in [3.8, 4) is 12.3 Å². The highest BCUT2D eigenvalue weighted by Gasteiger charge is 2.69. The average Bonchev–Trinajstić information content (AvgIpc) is 2.92. The summed E-state index contributed by atoms with van der Waals surface area (Å²) in [5.74, 6) is 3.11. The van der Waals surface area contributed by atoms with E-state index in [9.17, 15) is 9.59 Å². The predicted octanol–water partition coefficient (Wildman–Crippen LogP) is 8.19. The fourth-order valence-electron chi connectivity index (χ4n) is 11.3. The Morgan fingerprint density at radius 2 is 1.74 bits per heavy atom. The van der Waals surface area contributed by atoms with Gasteiger partial charge in [-0.3, -0.25) is 9.59 Å². The van der Waals surface area contributed by atoms with Crippen molar-refractivity contribution in [3.05, 3.63) is 22.1 Å². The Balaban J connectivity index is 1.49. The normalized spacial score (nSPS) is 43.0. The zero-order valence-electron chi connectivity index (χ0n) is 26.9. The number of nitrogens with zero attached hydrogens (tertiary/aromatic N) is 3. The molecule has 0 saturated heterocycles. The second kappa shape index (κ2) is 10.3. The van der Waals surface area contributed by atoms with E-state index in [0.717, 1.165) is 64.2 Å². The lowest BCUT2D eigenvalue weighted by molar-refractivity contribution is -0.213. The Bertz CT molecular complexity index is 1260. The Morgan fingerprint density at radius 1 is 1.02 bits per heavy atom. The predicted molar refractivity (Wildman–Crippen MR) is 163 cm³/mol. The molecular weight excluding hydrogens is 526 g/mol. The van der Waals surface area contributed by atoms with E-state index in [1.807, 2.05) is 0 Å². The number of fused-ring (bicyclic) bond motifs is 7. The molecule has 0 heterocycles. The first kappa shape index (κ1) is 31.0. The third-order valence-electron chi connectivity index (χ3n) is 13.8. The van der Waals surface area contributed by atoms with Crippen LogP contribution in [0.3, 0.4) is 0 Å². The maximum absolute atomic E-state index is 13.7. The molecule has 0 bridgehead atoms. The van der Waals surface area contributed by atoms with Crippen LogP contribution in [0.15, 0.2) is 16.8 Å². The quantitative estimate of drug-likeness (QED) is 0.0821. The molecule has 7 nitrogen and oxygen atoms in total. The number of ether oxygens (including phenoxy) is 2. The van der Waals surface area contributed by atoms with E-state index < -0.39 is 11.4 Å². The summed E-state index contributed by atoms with van der Waals surface area (Å²) in [6.07, 6.45) is 17.7. The Morgan fingerprint density at radius 3 is 2.43 bits per heavy atom. The number of hydrogen-bond donors (Lipinski definition) is 0. The highest BCUT2D eigenvalue weighted by molar-refractivity contribution is 5.79. The number of carbonyl (C=O) groups excluding carboxylic acids is 2. The summed E-state index contributed by atoms with van der Waals surface area (Å²) in [5, 5.41) is 3.42. The summed E-state index contributed by atoms with van der Waals surface area (Å²) in [6, 6.07) is 0. The van der Waals surface area contributed by atoms with Gasteiger partial charge in [-0.2, -0.15) is 0 Å². The molecule has 0 aromatic rings. The maximum atomic E-state index is 13.7. The van der Waals surface area contributed by atoms with Crippen LogP contribution in [0.2, 0.25) is 0 Å². The van der Waals surface area contributed by atoms with Gasteiger partial charge in [0.05, 0.1) is 5.41 Å². The first-order valence-electron chi connectivity index (χ1n) is 16.1. The van der Waals surface area contributed by atoms with Crippen LogP contribution in [-0.4, -0.2) is 31.2 Å². The maximum Gasteiger partial charge on any atom is 0.313 e. The summed E-state index contributed by atoms with van der Waals surface area (Å²) in [5.41, 5.74) is 9.91. The minimum absolute atomic E-state index is 0.0145. The highest BCUT2D eigenvalue weighted by Crippen LogP contribution is 2.76. The third-order valence-corrected chi connectivity index (χ3v) is 13.8. The van der Waals surface area contributed by atoms with Crippen molar-refractivity contribution in [3.63, 3.8) is 0 Å². The summed E-state index contributed by atoms with van der Waals surface area (Å²) < 4.78 is 11.6. The Kier molecular flexibility index (Phi) is 7.62. The number of hydrogen-bond acceptors (Lipinski definition) is 5. The second-order valence-electron chi connectivity index (χ2n) is 16.4. The fourth-order valence-corrected chi connectivity index (χ4v) is 11.3. The number of terminal acetylenes is 1. The van der Waals surface area contributed by atoms with Gasteiger partial charge in [-0.1, -0.05) is 71.1 Å². The summed E-state index contributed by atoms with van der Waals surface area (Å²) in [4.78, 5) is 28.9. The molecule has 230 valence electrons. The Labute approximate surface area is 252 Å². The number of rotatable bonds is 5. The summed E-state index contributed by atoms with van der Waals surface area (Å²) >= 11 is 0. The van der Waals surface area contributed by atoms with E-state index in [1.54, 1.807) is 0 Å². The van der Waals surface area contributed by atoms with Gasteiger partial charge in [-0.05, 0) is 109 Å². The van der Waals surface area contributed by atoms with Crippen LogP contribution in [0.25, 0.3) is 10.4 Å². The molecule has 7 heteroatoms. The van der Waals surface area contributed by atoms with Crippen molar-refractivity contribution in [2.75, 3.05) is 13.2 Å². The van der Waals surface area contributed by atoms with Gasteiger partial charge in [0, 0.05) is 10.3 Å². The molecule has 5 aliphatic rings. The van der Waals surface area contributed by atoms with Crippen molar-refractivity contribution in [1.82, 2.24) is 0 Å². The van der Waals surface area contributed by atoms with Gasteiger partial charge in [0.2, 0.25) is 0 Å². The van der Waals surface area contributed by atoms with Gasteiger partial charge >= 0.3 is 11.9 Å². The minimum atomic E-state index is -0.471. The molecule has 0 aromatic carbocycles. The van der Waals surface area contributed by atoms with Crippen molar-refractivity contribution >= 4 is 11.9 Å². The minimum Gasteiger partial charge on any atom is -0.462 e. The van der Waals surface area contributed by atoms with E-state index in [2.05, 4.69) is 70.5 Å². The monoisotopic (exact) mass is 577 g/mol. The molecule has 42 heavy (non-hydrogen) atoms. The largest absolute Gasteiger partial charge is 0.462 e. The number of allylic oxidation sites excluding steroid dienone is 2.